The Morgan fingerprint density at radius 2 is 2.04 bits per heavy atom. The van der Waals surface area contributed by atoms with Gasteiger partial charge in [0.05, 0.1) is 23.6 Å². The second-order valence-electron chi connectivity index (χ2n) is 6.14. The van der Waals surface area contributed by atoms with Gasteiger partial charge in [0.25, 0.3) is 0 Å². The van der Waals surface area contributed by atoms with Gasteiger partial charge in [-0.25, -0.2) is 9.97 Å². The van der Waals surface area contributed by atoms with Crippen molar-refractivity contribution in [3.05, 3.63) is 71.8 Å². The molecule has 0 bridgehead atoms. The molecule has 2 aromatic carbocycles. The number of anilines is 1. The summed E-state index contributed by atoms with van der Waals surface area (Å²) in [6.07, 6.45) is 5.26. The van der Waals surface area contributed by atoms with Crippen molar-refractivity contribution < 1.29 is 0 Å². The summed E-state index contributed by atoms with van der Waals surface area (Å²) in [4.78, 5) is 13.4. The first kappa shape index (κ1) is 15.8. The molecule has 0 aliphatic carbocycles. The van der Waals surface area contributed by atoms with Gasteiger partial charge >= 0.3 is 0 Å². The molecule has 0 aliphatic rings. The van der Waals surface area contributed by atoms with Gasteiger partial charge in [0.2, 0.25) is 5.95 Å². The molecule has 2 N–H and O–H groups in total. The number of rotatable bonds is 4. The standard InChI is InChI=1S/C19H14ClN7/c20-14-3-1-2-12(6-14)8-21-19-22-10-17-18(25-19)27(11-23-17)15-5-4-13-9-24-26-16(13)7-15/h1-7,9-11H,8H2,(H,24,26)(H,21,22,25). The van der Waals surface area contributed by atoms with Gasteiger partial charge in [0.1, 0.15) is 11.8 Å². The maximum Gasteiger partial charge on any atom is 0.225 e. The van der Waals surface area contributed by atoms with Crippen LogP contribution in [0.15, 0.2) is 61.2 Å². The van der Waals surface area contributed by atoms with Crippen LogP contribution in [-0.4, -0.2) is 29.7 Å². The molecule has 27 heavy (non-hydrogen) atoms. The third-order valence-corrected chi connectivity index (χ3v) is 4.57. The number of halogens is 1. The van der Waals surface area contributed by atoms with Gasteiger partial charge in [-0.15, -0.1) is 0 Å². The third-order valence-electron chi connectivity index (χ3n) is 4.33. The zero-order valence-electron chi connectivity index (χ0n) is 14.1. The van der Waals surface area contributed by atoms with E-state index in [1.165, 1.54) is 0 Å². The van der Waals surface area contributed by atoms with Gasteiger partial charge in [-0.1, -0.05) is 23.7 Å². The zero-order chi connectivity index (χ0) is 18.2. The van der Waals surface area contributed by atoms with Crippen LogP contribution in [-0.2, 0) is 6.54 Å². The number of hydrogen-bond donors (Lipinski definition) is 2. The van der Waals surface area contributed by atoms with E-state index in [0.717, 1.165) is 33.3 Å². The van der Waals surface area contributed by atoms with Crippen molar-refractivity contribution >= 4 is 39.6 Å². The normalized spacial score (nSPS) is 11.3. The number of benzene rings is 2. The number of aromatic nitrogens is 6. The van der Waals surface area contributed by atoms with Crippen LogP contribution in [0.1, 0.15) is 5.56 Å². The lowest BCUT2D eigenvalue weighted by Crippen LogP contribution is -2.04. The maximum atomic E-state index is 6.03. The summed E-state index contributed by atoms with van der Waals surface area (Å²) in [6, 6.07) is 13.7. The van der Waals surface area contributed by atoms with Crippen molar-refractivity contribution in [1.82, 2.24) is 29.7 Å². The minimum Gasteiger partial charge on any atom is -0.350 e. The molecule has 0 fully saturated rings. The molecule has 5 rings (SSSR count). The van der Waals surface area contributed by atoms with Crippen LogP contribution < -0.4 is 5.32 Å². The van der Waals surface area contributed by atoms with Crippen LogP contribution >= 0.6 is 11.6 Å². The molecule has 3 heterocycles. The third kappa shape index (κ3) is 2.98. The number of H-pyrrole nitrogens is 1. The fraction of sp³-hybridized carbons (Fsp3) is 0.0526. The molecule has 0 spiro atoms. The van der Waals surface area contributed by atoms with Crippen LogP contribution in [0.4, 0.5) is 5.95 Å². The van der Waals surface area contributed by atoms with Crippen molar-refractivity contribution in [2.75, 3.05) is 5.32 Å². The molecule has 0 atom stereocenters. The smallest absolute Gasteiger partial charge is 0.225 e. The van der Waals surface area contributed by atoms with E-state index in [1.807, 2.05) is 47.0 Å². The Bertz CT molecular complexity index is 1260. The van der Waals surface area contributed by atoms with Crippen LogP contribution in [0.25, 0.3) is 27.8 Å². The first-order valence-corrected chi connectivity index (χ1v) is 8.76. The maximum absolute atomic E-state index is 6.03. The zero-order valence-corrected chi connectivity index (χ0v) is 14.9. The molecule has 0 aliphatic heterocycles. The summed E-state index contributed by atoms with van der Waals surface area (Å²) in [6.45, 7) is 0.584. The van der Waals surface area contributed by atoms with E-state index in [2.05, 4.69) is 30.5 Å². The van der Waals surface area contributed by atoms with E-state index in [-0.39, 0.29) is 0 Å². The Morgan fingerprint density at radius 3 is 2.96 bits per heavy atom. The molecule has 132 valence electrons. The van der Waals surface area contributed by atoms with Gasteiger partial charge in [-0.3, -0.25) is 9.67 Å². The Kier molecular flexibility index (Phi) is 3.72. The highest BCUT2D eigenvalue weighted by Crippen LogP contribution is 2.21. The van der Waals surface area contributed by atoms with Gasteiger partial charge in [0.15, 0.2) is 5.65 Å². The van der Waals surface area contributed by atoms with Crippen LogP contribution in [0.3, 0.4) is 0 Å². The number of nitrogens with one attached hydrogen (secondary N) is 2. The SMILES string of the molecule is Clc1cccc(CNc2ncc3ncn(-c4ccc5cn[nH]c5c4)c3n2)c1. The number of fused-ring (bicyclic) bond motifs is 2. The molecule has 0 amide bonds. The molecule has 0 radical (unpaired) electrons. The predicted octanol–water partition coefficient (Wildman–Crippen LogP) is 3.96. The van der Waals surface area contributed by atoms with Crippen molar-refractivity contribution in [2.45, 2.75) is 6.54 Å². The van der Waals surface area contributed by atoms with E-state index in [9.17, 15) is 0 Å². The molecule has 7 nitrogen and oxygen atoms in total. The Labute approximate surface area is 159 Å². The van der Waals surface area contributed by atoms with Crippen LogP contribution in [0, 0.1) is 0 Å². The van der Waals surface area contributed by atoms with Crippen molar-refractivity contribution in [3.8, 4) is 5.69 Å². The lowest BCUT2D eigenvalue weighted by atomic mass is 10.2. The van der Waals surface area contributed by atoms with E-state index in [0.29, 0.717) is 17.5 Å². The first-order chi connectivity index (χ1) is 13.3. The lowest BCUT2D eigenvalue weighted by Gasteiger charge is -2.07. The number of hydrogen-bond acceptors (Lipinski definition) is 5. The monoisotopic (exact) mass is 375 g/mol. The Hall–Kier alpha value is -3.45. The summed E-state index contributed by atoms with van der Waals surface area (Å²) in [5.74, 6) is 0.534. The van der Waals surface area contributed by atoms with E-state index < -0.39 is 0 Å². The largest absolute Gasteiger partial charge is 0.350 e. The quantitative estimate of drug-likeness (QED) is 0.496. The topological polar surface area (TPSA) is 84.3 Å². The molecular weight excluding hydrogens is 362 g/mol. The average Bonchev–Trinajstić information content (AvgIpc) is 3.32. The Balaban J connectivity index is 1.48. The van der Waals surface area contributed by atoms with Crippen LogP contribution in [0.5, 0.6) is 0 Å². The van der Waals surface area contributed by atoms with Gasteiger partial charge < -0.3 is 5.32 Å². The highest BCUT2D eigenvalue weighted by atomic mass is 35.5. The minimum absolute atomic E-state index is 0.534. The van der Waals surface area contributed by atoms with Gasteiger partial charge in [-0.2, -0.15) is 10.1 Å². The predicted molar refractivity (Wildman–Crippen MR) is 105 cm³/mol. The summed E-state index contributed by atoms with van der Waals surface area (Å²) >= 11 is 6.03. The van der Waals surface area contributed by atoms with Gasteiger partial charge in [-0.05, 0) is 35.9 Å². The number of aromatic amines is 1. The summed E-state index contributed by atoms with van der Waals surface area (Å²) < 4.78 is 1.93. The highest BCUT2D eigenvalue weighted by molar-refractivity contribution is 6.30. The van der Waals surface area contributed by atoms with Crippen LogP contribution in [0.2, 0.25) is 5.02 Å². The second kappa shape index (κ2) is 6.37. The highest BCUT2D eigenvalue weighted by Gasteiger charge is 2.09. The summed E-state index contributed by atoms with van der Waals surface area (Å²) in [5.41, 5.74) is 4.44. The summed E-state index contributed by atoms with van der Waals surface area (Å²) in [7, 11) is 0. The number of nitrogens with zero attached hydrogens (tertiary/aromatic N) is 5. The van der Waals surface area contributed by atoms with E-state index in [4.69, 9.17) is 11.6 Å². The lowest BCUT2D eigenvalue weighted by molar-refractivity contribution is 1.03. The fourth-order valence-corrected chi connectivity index (χ4v) is 3.20. The molecule has 3 aromatic heterocycles. The summed E-state index contributed by atoms with van der Waals surface area (Å²) in [5, 5.41) is 12.0. The van der Waals surface area contributed by atoms with E-state index >= 15 is 0 Å². The average molecular weight is 376 g/mol. The molecule has 5 aromatic rings. The first-order valence-electron chi connectivity index (χ1n) is 8.38. The minimum atomic E-state index is 0.534. The van der Waals surface area contributed by atoms with Crippen molar-refractivity contribution in [2.24, 2.45) is 0 Å². The molecule has 0 saturated heterocycles. The van der Waals surface area contributed by atoms with E-state index in [1.54, 1.807) is 18.7 Å². The molecule has 8 heteroatoms. The molecule has 0 saturated carbocycles. The second-order valence-corrected chi connectivity index (χ2v) is 6.58. The molecule has 0 unspecified atom stereocenters. The molecular formula is C19H14ClN7. The van der Waals surface area contributed by atoms with Crippen molar-refractivity contribution in [3.63, 3.8) is 0 Å². The Morgan fingerprint density at radius 1 is 1.07 bits per heavy atom. The van der Waals surface area contributed by atoms with Gasteiger partial charge in [0, 0.05) is 17.0 Å². The van der Waals surface area contributed by atoms with Crippen molar-refractivity contribution in [1.29, 1.82) is 0 Å². The number of imidazole rings is 1. The fourth-order valence-electron chi connectivity index (χ4n) is 2.99.